The Bertz CT molecular complexity index is 947. The first kappa shape index (κ1) is 15.7. The lowest BCUT2D eigenvalue weighted by molar-refractivity contribution is -0.121. The van der Waals surface area contributed by atoms with Crippen molar-refractivity contribution < 1.29 is 9.90 Å². The van der Waals surface area contributed by atoms with Crippen molar-refractivity contribution in [1.82, 2.24) is 9.55 Å². The van der Waals surface area contributed by atoms with E-state index in [9.17, 15) is 9.90 Å². The molecule has 0 saturated heterocycles. The third kappa shape index (κ3) is 2.47. The van der Waals surface area contributed by atoms with E-state index in [4.69, 9.17) is 0 Å². The number of aromatic nitrogens is 2. The molecule has 0 radical (unpaired) electrons. The number of rotatable bonds is 2. The van der Waals surface area contributed by atoms with Gasteiger partial charge in [0.2, 0.25) is 5.91 Å². The predicted molar refractivity (Wildman–Crippen MR) is 97.9 cm³/mol. The fourth-order valence-electron chi connectivity index (χ4n) is 3.68. The highest BCUT2D eigenvalue weighted by atomic mass is 16.3. The average Bonchev–Trinajstić information content (AvgIpc) is 3.06. The first-order valence-electron chi connectivity index (χ1n) is 8.62. The number of carbonyl (C=O) groups is 1. The Morgan fingerprint density at radius 1 is 1.24 bits per heavy atom. The van der Waals surface area contributed by atoms with Gasteiger partial charge >= 0.3 is 0 Å². The summed E-state index contributed by atoms with van der Waals surface area (Å²) in [4.78, 5) is 19.3. The molecule has 0 bridgehead atoms. The summed E-state index contributed by atoms with van der Waals surface area (Å²) in [7, 11) is 0. The number of hydrogen-bond acceptors (Lipinski definition) is 3. The Balaban J connectivity index is 1.73. The van der Waals surface area contributed by atoms with E-state index in [1.165, 1.54) is 0 Å². The third-order valence-electron chi connectivity index (χ3n) is 5.15. The molecule has 0 spiro atoms. The number of imidazole rings is 1. The van der Waals surface area contributed by atoms with Crippen LogP contribution in [0, 0.1) is 0 Å². The fraction of sp³-hybridized carbons (Fsp3) is 0.300. The first-order chi connectivity index (χ1) is 12.1. The van der Waals surface area contributed by atoms with Gasteiger partial charge in [0.1, 0.15) is 11.8 Å². The Labute approximate surface area is 146 Å². The summed E-state index contributed by atoms with van der Waals surface area (Å²) >= 11 is 0. The smallest absolute Gasteiger partial charge is 0.249 e. The number of carbonyl (C=O) groups excluding carboxylic acids is 1. The lowest BCUT2D eigenvalue weighted by Gasteiger charge is -2.35. The van der Waals surface area contributed by atoms with Gasteiger partial charge in [-0.2, -0.15) is 0 Å². The fourth-order valence-corrected chi connectivity index (χ4v) is 3.68. The number of fused-ring (bicyclic) bond motifs is 2. The van der Waals surface area contributed by atoms with E-state index in [1.54, 1.807) is 17.3 Å². The maximum atomic E-state index is 13.2. The summed E-state index contributed by atoms with van der Waals surface area (Å²) in [5.41, 5.74) is 3.49. The van der Waals surface area contributed by atoms with Gasteiger partial charge in [-0.15, -0.1) is 0 Å². The quantitative estimate of drug-likeness (QED) is 0.774. The highest BCUT2D eigenvalue weighted by Gasteiger charge is 2.32. The zero-order chi connectivity index (χ0) is 17.6. The molecule has 2 aromatic carbocycles. The highest BCUT2D eigenvalue weighted by molar-refractivity contribution is 5.99. The molecule has 5 nitrogen and oxygen atoms in total. The molecule has 0 saturated carbocycles. The van der Waals surface area contributed by atoms with Crippen LogP contribution in [-0.2, 0) is 4.79 Å². The maximum absolute atomic E-state index is 13.2. The van der Waals surface area contributed by atoms with Crippen molar-refractivity contribution in [3.63, 3.8) is 0 Å². The molecule has 2 atom stereocenters. The number of aromatic hydroxyl groups is 1. The Morgan fingerprint density at radius 3 is 2.88 bits per heavy atom. The molecule has 1 amide bonds. The van der Waals surface area contributed by atoms with Crippen LogP contribution in [0.5, 0.6) is 5.75 Å². The van der Waals surface area contributed by atoms with E-state index in [0.717, 1.165) is 23.0 Å². The van der Waals surface area contributed by atoms with Gasteiger partial charge in [-0.25, -0.2) is 4.98 Å². The minimum absolute atomic E-state index is 0.0298. The van der Waals surface area contributed by atoms with Crippen LogP contribution in [0.4, 0.5) is 5.69 Å². The molecule has 5 heteroatoms. The molecule has 2 unspecified atom stereocenters. The second kappa shape index (κ2) is 5.92. The van der Waals surface area contributed by atoms with E-state index in [1.807, 2.05) is 47.9 Å². The zero-order valence-corrected chi connectivity index (χ0v) is 14.4. The van der Waals surface area contributed by atoms with E-state index in [2.05, 4.69) is 11.9 Å². The van der Waals surface area contributed by atoms with Crippen LogP contribution in [0.2, 0.25) is 0 Å². The minimum atomic E-state index is -0.395. The number of phenols is 1. The standard InChI is InChI=1S/C20H21N3O2/c1-13-10-11-22(19-15(13)6-5-9-18(19)24)20(25)14(2)23-12-21-16-7-3-4-8-17(16)23/h3-9,12-14,24H,10-11H2,1-2H3. The van der Waals surface area contributed by atoms with Crippen LogP contribution >= 0.6 is 0 Å². The number of amides is 1. The van der Waals surface area contributed by atoms with E-state index in [-0.39, 0.29) is 11.7 Å². The first-order valence-corrected chi connectivity index (χ1v) is 8.62. The van der Waals surface area contributed by atoms with Crippen LogP contribution in [0.1, 0.15) is 37.8 Å². The van der Waals surface area contributed by atoms with Crippen molar-refractivity contribution in [2.24, 2.45) is 0 Å². The molecule has 0 fully saturated rings. The van der Waals surface area contributed by atoms with Gasteiger partial charge in [0.25, 0.3) is 0 Å². The predicted octanol–water partition coefficient (Wildman–Crippen LogP) is 3.84. The molecule has 1 aliphatic heterocycles. The number of hydrogen-bond donors (Lipinski definition) is 1. The average molecular weight is 335 g/mol. The van der Waals surface area contributed by atoms with E-state index >= 15 is 0 Å². The molecule has 1 N–H and O–H groups in total. The third-order valence-corrected chi connectivity index (χ3v) is 5.15. The molecule has 2 heterocycles. The van der Waals surface area contributed by atoms with Crippen LogP contribution in [0.25, 0.3) is 11.0 Å². The normalized spacial score (nSPS) is 18.2. The van der Waals surface area contributed by atoms with Crippen LogP contribution in [0.15, 0.2) is 48.8 Å². The summed E-state index contributed by atoms with van der Waals surface area (Å²) in [6.45, 7) is 4.63. The number of para-hydroxylation sites is 3. The summed E-state index contributed by atoms with van der Waals surface area (Å²) in [6.07, 6.45) is 2.60. The Morgan fingerprint density at radius 2 is 2.04 bits per heavy atom. The monoisotopic (exact) mass is 335 g/mol. The molecule has 4 rings (SSSR count). The molecule has 0 aliphatic carbocycles. The number of nitrogens with zero attached hydrogens (tertiary/aromatic N) is 3. The largest absolute Gasteiger partial charge is 0.506 e. The Kier molecular flexibility index (Phi) is 3.71. The Hall–Kier alpha value is -2.82. The van der Waals surface area contributed by atoms with Crippen molar-refractivity contribution in [1.29, 1.82) is 0 Å². The number of phenolic OH excluding ortho intramolecular Hbond substituents is 1. The highest BCUT2D eigenvalue weighted by Crippen LogP contribution is 2.41. The van der Waals surface area contributed by atoms with Gasteiger partial charge in [-0.3, -0.25) is 4.79 Å². The second-order valence-electron chi connectivity index (χ2n) is 6.71. The number of benzene rings is 2. The van der Waals surface area contributed by atoms with Crippen LogP contribution in [0.3, 0.4) is 0 Å². The van der Waals surface area contributed by atoms with Gasteiger partial charge in [0.05, 0.1) is 23.0 Å². The van der Waals surface area contributed by atoms with Crippen LogP contribution < -0.4 is 4.90 Å². The van der Waals surface area contributed by atoms with Gasteiger partial charge in [0, 0.05) is 6.54 Å². The van der Waals surface area contributed by atoms with Gasteiger partial charge in [0.15, 0.2) is 0 Å². The summed E-state index contributed by atoms with van der Waals surface area (Å²) < 4.78 is 1.90. The van der Waals surface area contributed by atoms with E-state index < -0.39 is 6.04 Å². The molecule has 25 heavy (non-hydrogen) atoms. The summed E-state index contributed by atoms with van der Waals surface area (Å²) in [6, 6.07) is 12.9. The van der Waals surface area contributed by atoms with Crippen molar-refractivity contribution in [3.05, 3.63) is 54.4 Å². The topological polar surface area (TPSA) is 58.4 Å². The van der Waals surface area contributed by atoms with Crippen molar-refractivity contribution in [2.45, 2.75) is 32.2 Å². The van der Waals surface area contributed by atoms with Gasteiger partial charge < -0.3 is 14.6 Å². The molecular formula is C20H21N3O2. The number of anilines is 1. The molecule has 128 valence electrons. The second-order valence-corrected chi connectivity index (χ2v) is 6.71. The molecular weight excluding hydrogens is 314 g/mol. The SMILES string of the molecule is CC1CCN(C(=O)C(C)n2cnc3ccccc32)c2c(O)cccc21. The van der Waals surface area contributed by atoms with E-state index in [0.29, 0.717) is 18.2 Å². The lowest BCUT2D eigenvalue weighted by Crippen LogP contribution is -2.40. The molecule has 1 aliphatic rings. The lowest BCUT2D eigenvalue weighted by atomic mass is 9.90. The van der Waals surface area contributed by atoms with Crippen molar-refractivity contribution in [3.8, 4) is 5.75 Å². The summed E-state index contributed by atoms with van der Waals surface area (Å²) in [5.74, 6) is 0.466. The molecule has 1 aromatic heterocycles. The van der Waals surface area contributed by atoms with Crippen molar-refractivity contribution in [2.75, 3.05) is 11.4 Å². The summed E-state index contributed by atoms with van der Waals surface area (Å²) in [5, 5.41) is 10.4. The zero-order valence-electron chi connectivity index (χ0n) is 14.4. The molecule has 3 aromatic rings. The van der Waals surface area contributed by atoms with Gasteiger partial charge in [-0.05, 0) is 43.0 Å². The van der Waals surface area contributed by atoms with Gasteiger partial charge in [-0.1, -0.05) is 31.2 Å². The van der Waals surface area contributed by atoms with Crippen LogP contribution in [-0.4, -0.2) is 27.1 Å². The maximum Gasteiger partial charge on any atom is 0.249 e. The van der Waals surface area contributed by atoms with Crippen molar-refractivity contribution >= 4 is 22.6 Å². The minimum Gasteiger partial charge on any atom is -0.506 e.